The highest BCUT2D eigenvalue weighted by Gasteiger charge is 2.28. The zero-order valence-electron chi connectivity index (χ0n) is 13.1. The SMILES string of the molecule is Cl.Cn1ccnc1C1CNCCN1CC(=O)NCc1cccs1. The molecule has 1 atom stereocenters. The summed E-state index contributed by atoms with van der Waals surface area (Å²) in [4.78, 5) is 20.0. The van der Waals surface area contributed by atoms with Gasteiger partial charge in [-0.1, -0.05) is 6.07 Å². The molecule has 1 aliphatic heterocycles. The minimum atomic E-state index is 0. The smallest absolute Gasteiger partial charge is 0.234 e. The molecule has 2 aromatic rings. The lowest BCUT2D eigenvalue weighted by Gasteiger charge is -2.35. The fourth-order valence-corrected chi connectivity index (χ4v) is 3.37. The molecule has 0 radical (unpaired) electrons. The molecule has 2 aromatic heterocycles. The number of amides is 1. The van der Waals surface area contributed by atoms with Gasteiger partial charge in [-0.3, -0.25) is 9.69 Å². The highest BCUT2D eigenvalue weighted by Crippen LogP contribution is 2.19. The van der Waals surface area contributed by atoms with Crippen LogP contribution in [0, 0.1) is 0 Å². The molecule has 1 aliphatic rings. The number of carbonyl (C=O) groups excluding carboxylic acids is 1. The van der Waals surface area contributed by atoms with Crippen molar-refractivity contribution in [3.8, 4) is 0 Å². The first-order valence-electron chi connectivity index (χ1n) is 7.45. The van der Waals surface area contributed by atoms with Gasteiger partial charge >= 0.3 is 0 Å². The number of rotatable bonds is 5. The van der Waals surface area contributed by atoms with E-state index in [0.717, 1.165) is 25.5 Å². The number of hydrogen-bond acceptors (Lipinski definition) is 5. The minimum absolute atomic E-state index is 0. The van der Waals surface area contributed by atoms with Crippen molar-refractivity contribution in [2.24, 2.45) is 7.05 Å². The Labute approximate surface area is 146 Å². The van der Waals surface area contributed by atoms with Crippen molar-refractivity contribution in [3.63, 3.8) is 0 Å². The van der Waals surface area contributed by atoms with Gasteiger partial charge in [0.25, 0.3) is 0 Å². The quantitative estimate of drug-likeness (QED) is 0.845. The number of hydrogen-bond donors (Lipinski definition) is 2. The number of aromatic nitrogens is 2. The molecule has 126 valence electrons. The second kappa shape index (κ2) is 8.44. The van der Waals surface area contributed by atoms with E-state index >= 15 is 0 Å². The number of aryl methyl sites for hydroxylation is 1. The number of thiophene rings is 1. The lowest BCUT2D eigenvalue weighted by Crippen LogP contribution is -2.50. The molecule has 3 rings (SSSR count). The Morgan fingerprint density at radius 1 is 1.57 bits per heavy atom. The maximum atomic E-state index is 12.2. The lowest BCUT2D eigenvalue weighted by atomic mass is 10.1. The predicted octanol–water partition coefficient (Wildman–Crippen LogP) is 1.17. The van der Waals surface area contributed by atoms with E-state index in [2.05, 4.69) is 20.5 Å². The van der Waals surface area contributed by atoms with Crippen molar-refractivity contribution < 1.29 is 4.79 Å². The minimum Gasteiger partial charge on any atom is -0.350 e. The van der Waals surface area contributed by atoms with Crippen molar-refractivity contribution in [1.82, 2.24) is 25.1 Å². The third-order valence-electron chi connectivity index (χ3n) is 3.90. The van der Waals surface area contributed by atoms with Crippen LogP contribution in [0.4, 0.5) is 0 Å². The van der Waals surface area contributed by atoms with E-state index in [1.807, 2.05) is 35.3 Å². The molecule has 0 saturated carbocycles. The summed E-state index contributed by atoms with van der Waals surface area (Å²) in [5.41, 5.74) is 0. The summed E-state index contributed by atoms with van der Waals surface area (Å²) in [5, 5.41) is 8.40. The highest BCUT2D eigenvalue weighted by molar-refractivity contribution is 7.09. The monoisotopic (exact) mass is 355 g/mol. The molecule has 0 aliphatic carbocycles. The number of piperazine rings is 1. The molecule has 8 heteroatoms. The Balaban J connectivity index is 0.00000192. The molecular formula is C15H22ClN5OS. The van der Waals surface area contributed by atoms with Crippen LogP contribution < -0.4 is 10.6 Å². The molecule has 1 saturated heterocycles. The Morgan fingerprint density at radius 3 is 3.13 bits per heavy atom. The summed E-state index contributed by atoms with van der Waals surface area (Å²) in [6.45, 7) is 3.59. The Bertz CT molecular complexity index is 615. The van der Waals surface area contributed by atoms with Crippen molar-refractivity contribution in [3.05, 3.63) is 40.6 Å². The maximum absolute atomic E-state index is 12.2. The van der Waals surface area contributed by atoms with E-state index in [0.29, 0.717) is 13.1 Å². The summed E-state index contributed by atoms with van der Waals surface area (Å²) in [6, 6.07) is 4.17. The van der Waals surface area contributed by atoms with E-state index < -0.39 is 0 Å². The zero-order chi connectivity index (χ0) is 15.4. The molecule has 0 spiro atoms. The number of nitrogens with one attached hydrogen (secondary N) is 2. The normalized spacial score (nSPS) is 18.4. The predicted molar refractivity (Wildman–Crippen MR) is 93.8 cm³/mol. The topological polar surface area (TPSA) is 62.2 Å². The van der Waals surface area contributed by atoms with Crippen molar-refractivity contribution in [2.75, 3.05) is 26.2 Å². The van der Waals surface area contributed by atoms with Gasteiger partial charge in [0.05, 0.1) is 19.1 Å². The maximum Gasteiger partial charge on any atom is 0.234 e. The highest BCUT2D eigenvalue weighted by atomic mass is 35.5. The van der Waals surface area contributed by atoms with Gasteiger partial charge in [0.1, 0.15) is 5.82 Å². The summed E-state index contributed by atoms with van der Waals surface area (Å²) in [6.07, 6.45) is 3.75. The van der Waals surface area contributed by atoms with Crippen molar-refractivity contribution >= 4 is 29.7 Å². The van der Waals surface area contributed by atoms with Crippen LogP contribution in [0.5, 0.6) is 0 Å². The molecule has 2 N–H and O–H groups in total. The number of halogens is 1. The molecule has 3 heterocycles. The summed E-state index contributed by atoms with van der Waals surface area (Å²) in [5.74, 6) is 1.06. The third kappa shape index (κ3) is 4.54. The zero-order valence-corrected chi connectivity index (χ0v) is 14.7. The second-order valence-corrected chi connectivity index (χ2v) is 6.48. The Hall–Kier alpha value is -1.41. The van der Waals surface area contributed by atoms with E-state index in [-0.39, 0.29) is 24.4 Å². The largest absolute Gasteiger partial charge is 0.350 e. The van der Waals surface area contributed by atoms with Gasteiger partial charge in [0, 0.05) is 44.0 Å². The van der Waals surface area contributed by atoms with Crippen LogP contribution in [0.2, 0.25) is 0 Å². The summed E-state index contributed by atoms with van der Waals surface area (Å²) >= 11 is 1.66. The van der Waals surface area contributed by atoms with Crippen LogP contribution in [0.1, 0.15) is 16.7 Å². The van der Waals surface area contributed by atoms with Gasteiger partial charge in [-0.15, -0.1) is 23.7 Å². The summed E-state index contributed by atoms with van der Waals surface area (Å²) in [7, 11) is 1.99. The van der Waals surface area contributed by atoms with Crippen LogP contribution in [0.15, 0.2) is 29.9 Å². The average molecular weight is 356 g/mol. The van der Waals surface area contributed by atoms with Gasteiger partial charge in [-0.05, 0) is 11.4 Å². The van der Waals surface area contributed by atoms with Crippen LogP contribution in [0.25, 0.3) is 0 Å². The van der Waals surface area contributed by atoms with Gasteiger partial charge < -0.3 is 15.2 Å². The first-order valence-corrected chi connectivity index (χ1v) is 8.33. The Morgan fingerprint density at radius 2 is 2.43 bits per heavy atom. The van der Waals surface area contributed by atoms with E-state index in [9.17, 15) is 4.79 Å². The lowest BCUT2D eigenvalue weighted by molar-refractivity contribution is -0.123. The van der Waals surface area contributed by atoms with Crippen LogP contribution in [0.3, 0.4) is 0 Å². The van der Waals surface area contributed by atoms with Gasteiger partial charge in [-0.2, -0.15) is 0 Å². The number of imidazole rings is 1. The molecule has 23 heavy (non-hydrogen) atoms. The molecule has 1 amide bonds. The van der Waals surface area contributed by atoms with Gasteiger partial charge in [0.15, 0.2) is 0 Å². The first-order chi connectivity index (χ1) is 10.7. The van der Waals surface area contributed by atoms with Crippen LogP contribution >= 0.6 is 23.7 Å². The molecule has 6 nitrogen and oxygen atoms in total. The van der Waals surface area contributed by atoms with Crippen LogP contribution in [-0.2, 0) is 18.4 Å². The summed E-state index contributed by atoms with van der Waals surface area (Å²) < 4.78 is 2.02. The fourth-order valence-electron chi connectivity index (χ4n) is 2.73. The number of nitrogens with zero attached hydrogens (tertiary/aromatic N) is 3. The molecule has 0 aromatic carbocycles. The molecule has 0 bridgehead atoms. The Kier molecular flexibility index (Phi) is 6.59. The third-order valence-corrected chi connectivity index (χ3v) is 4.77. The second-order valence-electron chi connectivity index (χ2n) is 5.44. The van der Waals surface area contributed by atoms with E-state index in [1.54, 1.807) is 17.5 Å². The molecule has 1 unspecified atom stereocenters. The van der Waals surface area contributed by atoms with E-state index in [4.69, 9.17) is 0 Å². The standard InChI is InChI=1S/C15H21N5OS.ClH/c1-19-6-5-17-15(19)13-10-16-4-7-20(13)11-14(21)18-9-12-3-2-8-22-12;/h2-3,5-6,8,13,16H,4,7,9-11H2,1H3,(H,18,21);1H. The van der Waals surface area contributed by atoms with Crippen molar-refractivity contribution in [2.45, 2.75) is 12.6 Å². The molecular weight excluding hydrogens is 334 g/mol. The van der Waals surface area contributed by atoms with E-state index in [1.165, 1.54) is 4.88 Å². The van der Waals surface area contributed by atoms with Gasteiger partial charge in [-0.25, -0.2) is 4.98 Å². The van der Waals surface area contributed by atoms with Crippen LogP contribution in [-0.4, -0.2) is 46.5 Å². The van der Waals surface area contributed by atoms with Crippen molar-refractivity contribution in [1.29, 1.82) is 0 Å². The molecule has 1 fully saturated rings. The fraction of sp³-hybridized carbons (Fsp3) is 0.467. The van der Waals surface area contributed by atoms with Gasteiger partial charge in [0.2, 0.25) is 5.91 Å². The average Bonchev–Trinajstić information content (AvgIpc) is 3.17. The number of carbonyl (C=O) groups is 1. The first kappa shape index (κ1) is 17.9.